The van der Waals surface area contributed by atoms with E-state index in [9.17, 15) is 30.0 Å². The monoisotopic (exact) mass is 422 g/mol. The van der Waals surface area contributed by atoms with Crippen molar-refractivity contribution < 1.29 is 39.5 Å². The molecule has 4 N–H and O–H groups in total. The summed E-state index contributed by atoms with van der Waals surface area (Å²) in [7, 11) is 0. The fourth-order valence-electron chi connectivity index (χ4n) is 8.30. The van der Waals surface area contributed by atoms with Crippen LogP contribution < -0.4 is 0 Å². The fraction of sp³-hybridized carbons (Fsp3) is 0.818. The van der Waals surface area contributed by atoms with Crippen LogP contribution in [-0.2, 0) is 19.1 Å². The van der Waals surface area contributed by atoms with Crippen molar-refractivity contribution in [2.24, 2.45) is 34.0 Å². The first-order valence-corrected chi connectivity index (χ1v) is 10.7. The maximum atomic E-state index is 13.6. The first-order valence-electron chi connectivity index (χ1n) is 10.7. The van der Waals surface area contributed by atoms with Crippen molar-refractivity contribution in [2.75, 3.05) is 0 Å². The van der Waals surface area contributed by atoms with Gasteiger partial charge in [0.1, 0.15) is 17.6 Å². The summed E-state index contributed by atoms with van der Waals surface area (Å²) in [5.41, 5.74) is -3.53. The smallest absolute Gasteiger partial charge is 0.302 e. The maximum absolute atomic E-state index is 13.6. The van der Waals surface area contributed by atoms with E-state index in [-0.39, 0.29) is 5.57 Å². The van der Waals surface area contributed by atoms with Crippen LogP contribution in [0.3, 0.4) is 0 Å². The highest BCUT2D eigenvalue weighted by Gasteiger charge is 2.89. The second-order valence-electron chi connectivity index (χ2n) is 10.6. The van der Waals surface area contributed by atoms with E-state index in [0.717, 1.165) is 0 Å². The van der Waals surface area contributed by atoms with Crippen molar-refractivity contribution >= 4 is 11.8 Å². The molecule has 166 valence electrons. The topological polar surface area (TPSA) is 134 Å². The zero-order valence-electron chi connectivity index (χ0n) is 17.5. The summed E-state index contributed by atoms with van der Waals surface area (Å²) < 4.78 is 11.4. The largest absolute Gasteiger partial charge is 0.462 e. The van der Waals surface area contributed by atoms with Gasteiger partial charge < -0.3 is 29.9 Å². The van der Waals surface area contributed by atoms with Crippen molar-refractivity contribution in [2.45, 2.75) is 76.8 Å². The Labute approximate surface area is 174 Å². The molecule has 4 bridgehead atoms. The van der Waals surface area contributed by atoms with Crippen LogP contribution in [0, 0.1) is 34.0 Å². The van der Waals surface area contributed by atoms with Crippen molar-refractivity contribution in [1.29, 1.82) is 0 Å². The van der Waals surface area contributed by atoms with Crippen LogP contribution >= 0.6 is 0 Å². The molecule has 1 unspecified atom stereocenters. The third-order valence-electron chi connectivity index (χ3n) is 9.21. The van der Waals surface area contributed by atoms with Gasteiger partial charge in [-0.25, -0.2) is 0 Å². The van der Waals surface area contributed by atoms with E-state index in [1.807, 2.05) is 13.8 Å². The molecule has 4 saturated carbocycles. The van der Waals surface area contributed by atoms with Crippen molar-refractivity contribution in [1.82, 2.24) is 0 Å². The minimum Gasteiger partial charge on any atom is -0.462 e. The third-order valence-corrected chi connectivity index (χ3v) is 9.21. The lowest BCUT2D eigenvalue weighted by molar-refractivity contribution is -0.507. The Morgan fingerprint density at radius 1 is 1.17 bits per heavy atom. The summed E-state index contributed by atoms with van der Waals surface area (Å²) in [5, 5.41) is 45.8. The first-order chi connectivity index (χ1) is 13.9. The average Bonchev–Trinajstić information content (AvgIpc) is 2.74. The van der Waals surface area contributed by atoms with Crippen LogP contribution in [0.1, 0.15) is 46.5 Å². The molecule has 2 heterocycles. The van der Waals surface area contributed by atoms with E-state index in [0.29, 0.717) is 25.7 Å². The van der Waals surface area contributed by atoms with E-state index in [2.05, 4.69) is 6.58 Å². The Hall–Kier alpha value is -1.32. The Bertz CT molecular complexity index is 852. The molecule has 2 saturated heterocycles. The van der Waals surface area contributed by atoms with Gasteiger partial charge in [-0.2, -0.15) is 0 Å². The van der Waals surface area contributed by atoms with Crippen LogP contribution in [-0.4, -0.2) is 62.6 Å². The molecule has 10 atom stereocenters. The third kappa shape index (κ3) is 1.84. The second-order valence-corrected chi connectivity index (χ2v) is 10.6. The van der Waals surface area contributed by atoms with Crippen LogP contribution in [0.2, 0.25) is 0 Å². The number of Topliss-reactive ketones (excluding diaryl/α,β-unsaturated/α-hetero) is 1. The van der Waals surface area contributed by atoms with Gasteiger partial charge in [-0.1, -0.05) is 20.4 Å². The standard InChI is InChI=1S/C22H30O8/c1-9-11-5-6-12-20-13(29-10(2)23)7-8-19(3,4)14(20)17(26)22(28,30-18(20)27)21(12,15(9)24)16(11)25/h11-14,16-18,25-28H,1,5-8H2,2-4H3/t11-,12+,13+,14-,16?,17+,18+,20-,21-,22-/m1/s1. The average molecular weight is 422 g/mol. The summed E-state index contributed by atoms with van der Waals surface area (Å²) in [5.74, 6) is -5.52. The maximum Gasteiger partial charge on any atom is 0.302 e. The Morgan fingerprint density at radius 2 is 1.83 bits per heavy atom. The lowest BCUT2D eigenvalue weighted by Gasteiger charge is -2.75. The second kappa shape index (κ2) is 5.72. The van der Waals surface area contributed by atoms with Gasteiger partial charge in [-0.05, 0) is 42.6 Å². The predicted octanol–water partition coefficient (Wildman–Crippen LogP) is 0.265. The van der Waals surface area contributed by atoms with Crippen molar-refractivity contribution in [3.8, 4) is 0 Å². The molecule has 6 rings (SSSR count). The molecule has 0 amide bonds. The van der Waals surface area contributed by atoms with Crippen LogP contribution in [0.5, 0.6) is 0 Å². The molecule has 0 aromatic heterocycles. The summed E-state index contributed by atoms with van der Waals surface area (Å²) in [4.78, 5) is 25.5. The Kier molecular flexibility index (Phi) is 3.92. The number of ether oxygens (including phenoxy) is 2. The van der Waals surface area contributed by atoms with Crippen molar-refractivity contribution in [3.63, 3.8) is 0 Å². The zero-order valence-corrected chi connectivity index (χ0v) is 17.5. The summed E-state index contributed by atoms with van der Waals surface area (Å²) in [6.45, 7) is 9.02. The summed E-state index contributed by atoms with van der Waals surface area (Å²) in [6.07, 6.45) is -3.39. The van der Waals surface area contributed by atoms with Crippen LogP contribution in [0.4, 0.5) is 0 Å². The molecule has 2 spiro atoms. The van der Waals surface area contributed by atoms with Gasteiger partial charge in [0.25, 0.3) is 0 Å². The SMILES string of the molecule is C=C1C(=O)[C@@]23C(O)[C@@H]1CC[C@H]2[C@@]12[C@@H](OC(C)=O)CCC(C)(C)[C@H]1[C@H](O)[C@@]3(O)O[C@@H]2O. The molecule has 0 radical (unpaired) electrons. The number of fused-ring (bicyclic) bond motifs is 2. The number of carbonyl (C=O) groups excluding carboxylic acids is 2. The zero-order chi connectivity index (χ0) is 22.0. The fourth-order valence-corrected chi connectivity index (χ4v) is 8.30. The lowest BCUT2D eigenvalue weighted by atomic mass is 9.35. The normalized spacial score (nSPS) is 55.8. The number of hydrogen-bond acceptors (Lipinski definition) is 8. The van der Waals surface area contributed by atoms with Gasteiger partial charge in [0, 0.05) is 18.8 Å². The molecule has 8 nitrogen and oxygen atoms in total. The van der Waals surface area contributed by atoms with E-state index in [1.54, 1.807) is 0 Å². The minimum atomic E-state index is -2.46. The molecule has 6 fully saturated rings. The molecule has 30 heavy (non-hydrogen) atoms. The molecule has 4 aliphatic carbocycles. The van der Waals surface area contributed by atoms with E-state index < -0.39 is 76.1 Å². The van der Waals surface area contributed by atoms with E-state index in [1.165, 1.54) is 6.92 Å². The van der Waals surface area contributed by atoms with Gasteiger partial charge in [0.15, 0.2) is 12.1 Å². The highest BCUT2D eigenvalue weighted by Crippen LogP contribution is 2.77. The molecular formula is C22H30O8. The molecule has 8 heteroatoms. The number of rotatable bonds is 1. The van der Waals surface area contributed by atoms with Crippen molar-refractivity contribution in [3.05, 3.63) is 12.2 Å². The minimum absolute atomic E-state index is 0.211. The quantitative estimate of drug-likeness (QED) is 0.349. The first kappa shape index (κ1) is 20.6. The number of aliphatic hydroxyl groups is 4. The Morgan fingerprint density at radius 3 is 2.47 bits per heavy atom. The number of aliphatic hydroxyl groups excluding tert-OH is 3. The van der Waals surface area contributed by atoms with Crippen LogP contribution in [0.25, 0.3) is 0 Å². The van der Waals surface area contributed by atoms with Crippen LogP contribution in [0.15, 0.2) is 12.2 Å². The lowest BCUT2D eigenvalue weighted by Crippen LogP contribution is -2.87. The van der Waals surface area contributed by atoms with Gasteiger partial charge in [-0.3, -0.25) is 9.59 Å². The summed E-state index contributed by atoms with van der Waals surface area (Å²) >= 11 is 0. The molecule has 0 aromatic carbocycles. The van der Waals surface area contributed by atoms with Gasteiger partial charge in [-0.15, -0.1) is 0 Å². The number of ketones is 1. The van der Waals surface area contributed by atoms with Gasteiger partial charge >= 0.3 is 5.97 Å². The van der Waals surface area contributed by atoms with Gasteiger partial charge in [0.05, 0.1) is 11.5 Å². The highest BCUT2D eigenvalue weighted by molar-refractivity contribution is 6.05. The van der Waals surface area contributed by atoms with E-state index >= 15 is 0 Å². The number of esters is 1. The number of carbonyl (C=O) groups is 2. The molecular weight excluding hydrogens is 392 g/mol. The van der Waals surface area contributed by atoms with Gasteiger partial charge in [0.2, 0.25) is 5.79 Å². The summed E-state index contributed by atoms with van der Waals surface area (Å²) in [6, 6.07) is 0. The van der Waals surface area contributed by atoms with E-state index in [4.69, 9.17) is 9.47 Å². The molecule has 6 aliphatic rings. The molecule has 2 aliphatic heterocycles. The molecule has 0 aromatic rings. The number of hydrogen-bond donors (Lipinski definition) is 4. The predicted molar refractivity (Wildman–Crippen MR) is 101 cm³/mol. The highest BCUT2D eigenvalue weighted by atomic mass is 16.7. The Balaban J connectivity index is 1.82.